The van der Waals surface area contributed by atoms with Crippen molar-refractivity contribution in [2.75, 3.05) is 5.32 Å². The normalized spacial score (nSPS) is 23.5. The molecule has 4 aromatic rings. The lowest BCUT2D eigenvalue weighted by Crippen LogP contribution is -2.56. The number of carboxylic acids is 1. The number of carboxylic acid groups (broad SMARTS) is 1. The van der Waals surface area contributed by atoms with Crippen LogP contribution in [0.5, 0.6) is 0 Å². The van der Waals surface area contributed by atoms with Crippen molar-refractivity contribution in [3.8, 4) is 22.6 Å². The van der Waals surface area contributed by atoms with Crippen LogP contribution in [0.25, 0.3) is 33.7 Å². The lowest BCUT2D eigenvalue weighted by molar-refractivity contribution is -0.149. The number of pyridine rings is 1. The van der Waals surface area contributed by atoms with E-state index in [0.717, 1.165) is 44.7 Å². The zero-order chi connectivity index (χ0) is 24.9. The number of hydrogen-bond donors (Lipinski definition) is 3. The first-order valence-electron chi connectivity index (χ1n) is 12.2. The standard InChI is InChI=1S/C27H25F2N5O2/c28-16-11-18-19(14-31-24(18)30-13-16)25-32-21(17-7-1-2-8-20(17)29)12-22(33-25)34-27-9-3-5-15(6-4-10-27)23(27)26(35)36/h1-2,7-8,11-15,23H,3-6,9-10H2,(H,30,31)(H,35,36)(H,32,33,34). The highest BCUT2D eigenvalue weighted by Gasteiger charge is 2.52. The molecule has 1 unspecified atom stereocenters. The molecule has 2 bridgehead atoms. The van der Waals surface area contributed by atoms with E-state index in [1.165, 1.54) is 12.1 Å². The molecule has 3 aromatic heterocycles. The van der Waals surface area contributed by atoms with Gasteiger partial charge in [0, 0.05) is 28.8 Å². The van der Waals surface area contributed by atoms with Crippen LogP contribution in [0.4, 0.5) is 14.6 Å². The second kappa shape index (κ2) is 8.65. The van der Waals surface area contributed by atoms with Crippen molar-refractivity contribution in [3.63, 3.8) is 0 Å². The summed E-state index contributed by atoms with van der Waals surface area (Å²) in [5, 5.41) is 14.1. The summed E-state index contributed by atoms with van der Waals surface area (Å²) >= 11 is 0. The fraction of sp³-hybridized carbons (Fsp3) is 0.333. The molecule has 1 aromatic carbocycles. The number of hydrogen-bond acceptors (Lipinski definition) is 5. The van der Waals surface area contributed by atoms with Crippen LogP contribution in [0, 0.1) is 23.5 Å². The maximum Gasteiger partial charge on any atom is 0.309 e. The van der Waals surface area contributed by atoms with E-state index in [1.54, 1.807) is 30.5 Å². The molecule has 0 amide bonds. The highest BCUT2D eigenvalue weighted by Crippen LogP contribution is 2.49. The Bertz CT molecular complexity index is 1460. The van der Waals surface area contributed by atoms with Gasteiger partial charge >= 0.3 is 5.97 Å². The summed E-state index contributed by atoms with van der Waals surface area (Å²) in [5.74, 6) is -1.45. The van der Waals surface area contributed by atoms with E-state index in [-0.39, 0.29) is 11.7 Å². The van der Waals surface area contributed by atoms with Crippen LogP contribution >= 0.6 is 0 Å². The van der Waals surface area contributed by atoms with Gasteiger partial charge in [0.2, 0.25) is 0 Å². The first-order valence-corrected chi connectivity index (χ1v) is 12.2. The molecule has 184 valence electrons. The lowest BCUT2D eigenvalue weighted by Gasteiger charge is -2.50. The van der Waals surface area contributed by atoms with Crippen LogP contribution < -0.4 is 5.32 Å². The van der Waals surface area contributed by atoms with Gasteiger partial charge in [-0.3, -0.25) is 4.79 Å². The largest absolute Gasteiger partial charge is 0.481 e. The minimum absolute atomic E-state index is 0.118. The van der Waals surface area contributed by atoms with E-state index in [0.29, 0.717) is 33.7 Å². The lowest BCUT2D eigenvalue weighted by atomic mass is 9.59. The average molecular weight is 490 g/mol. The van der Waals surface area contributed by atoms with E-state index in [1.807, 2.05) is 0 Å². The summed E-state index contributed by atoms with van der Waals surface area (Å²) in [5.41, 5.74) is 1.01. The number of H-pyrrole nitrogens is 1. The Kier molecular flexibility index (Phi) is 5.43. The van der Waals surface area contributed by atoms with Gasteiger partial charge in [-0.05, 0) is 49.8 Å². The number of nitrogens with one attached hydrogen (secondary N) is 2. The fourth-order valence-corrected chi connectivity index (χ4v) is 6.22. The number of aromatic nitrogens is 4. The molecule has 3 heterocycles. The summed E-state index contributed by atoms with van der Waals surface area (Å²) in [6.45, 7) is 0. The monoisotopic (exact) mass is 489 g/mol. The minimum Gasteiger partial charge on any atom is -0.481 e. The van der Waals surface area contributed by atoms with Crippen molar-refractivity contribution in [2.45, 2.75) is 44.1 Å². The maximum absolute atomic E-state index is 14.8. The van der Waals surface area contributed by atoms with E-state index < -0.39 is 29.1 Å². The van der Waals surface area contributed by atoms with Crippen molar-refractivity contribution in [2.24, 2.45) is 11.8 Å². The summed E-state index contributed by atoms with van der Waals surface area (Å²) in [7, 11) is 0. The summed E-state index contributed by atoms with van der Waals surface area (Å²) in [6.07, 6.45) is 7.90. The Morgan fingerprint density at radius 3 is 2.61 bits per heavy atom. The van der Waals surface area contributed by atoms with Gasteiger partial charge in [-0.25, -0.2) is 23.7 Å². The topological polar surface area (TPSA) is 104 Å². The molecule has 36 heavy (non-hydrogen) atoms. The number of aromatic amines is 1. The van der Waals surface area contributed by atoms with Crippen molar-refractivity contribution in [3.05, 3.63) is 60.4 Å². The molecule has 2 aliphatic rings. The van der Waals surface area contributed by atoms with Gasteiger partial charge in [0.25, 0.3) is 0 Å². The fourth-order valence-electron chi connectivity index (χ4n) is 6.22. The molecule has 2 aliphatic carbocycles. The van der Waals surface area contributed by atoms with Crippen LogP contribution in [0.3, 0.4) is 0 Å². The van der Waals surface area contributed by atoms with Crippen LogP contribution in [-0.4, -0.2) is 36.6 Å². The molecule has 0 spiro atoms. The summed E-state index contributed by atoms with van der Waals surface area (Å²) < 4.78 is 28.8. The van der Waals surface area contributed by atoms with Gasteiger partial charge in [0.05, 0.1) is 23.3 Å². The molecular formula is C27H25F2N5O2. The molecule has 1 atom stereocenters. The highest BCUT2D eigenvalue weighted by atomic mass is 19.1. The van der Waals surface area contributed by atoms with Gasteiger partial charge in [-0.1, -0.05) is 25.0 Å². The molecule has 3 N–H and O–H groups in total. The summed E-state index contributed by atoms with van der Waals surface area (Å²) in [4.78, 5) is 28.8. The first kappa shape index (κ1) is 22.6. The molecular weight excluding hydrogens is 464 g/mol. The van der Waals surface area contributed by atoms with Crippen molar-refractivity contribution in [1.29, 1.82) is 0 Å². The number of halogens is 2. The second-order valence-electron chi connectivity index (χ2n) is 9.84. The van der Waals surface area contributed by atoms with E-state index in [2.05, 4.69) is 20.3 Å². The Hall–Kier alpha value is -3.88. The second-order valence-corrected chi connectivity index (χ2v) is 9.84. The Balaban J connectivity index is 1.51. The van der Waals surface area contributed by atoms with Crippen LogP contribution in [0.2, 0.25) is 0 Å². The number of carbonyl (C=O) groups is 1. The van der Waals surface area contributed by atoms with Gasteiger partial charge in [-0.15, -0.1) is 0 Å². The molecule has 2 fully saturated rings. The predicted molar refractivity (Wildman–Crippen MR) is 131 cm³/mol. The van der Waals surface area contributed by atoms with E-state index in [9.17, 15) is 18.7 Å². The van der Waals surface area contributed by atoms with Crippen molar-refractivity contribution < 1.29 is 18.7 Å². The third kappa shape index (κ3) is 3.79. The first-order chi connectivity index (χ1) is 17.4. The smallest absolute Gasteiger partial charge is 0.309 e. The number of aliphatic carboxylic acids is 1. The number of rotatable bonds is 5. The van der Waals surface area contributed by atoms with E-state index in [4.69, 9.17) is 4.98 Å². The third-order valence-corrected chi connectivity index (χ3v) is 7.72. The quantitative estimate of drug-likeness (QED) is 0.327. The number of benzene rings is 1. The Morgan fingerprint density at radius 1 is 1.08 bits per heavy atom. The van der Waals surface area contributed by atoms with Crippen molar-refractivity contribution in [1.82, 2.24) is 19.9 Å². The number of fused-ring (bicyclic) bond motifs is 3. The molecule has 9 heteroatoms. The molecule has 0 aliphatic heterocycles. The van der Waals surface area contributed by atoms with Crippen LogP contribution in [-0.2, 0) is 4.79 Å². The van der Waals surface area contributed by atoms with Gasteiger partial charge in [0.15, 0.2) is 5.82 Å². The predicted octanol–water partition coefficient (Wildman–Crippen LogP) is 5.80. The molecule has 7 nitrogen and oxygen atoms in total. The van der Waals surface area contributed by atoms with Crippen molar-refractivity contribution >= 4 is 22.8 Å². The van der Waals surface area contributed by atoms with Gasteiger partial charge in [0.1, 0.15) is 23.1 Å². The highest BCUT2D eigenvalue weighted by molar-refractivity contribution is 5.92. The summed E-state index contributed by atoms with van der Waals surface area (Å²) in [6, 6.07) is 9.35. The number of anilines is 1. The molecule has 2 saturated carbocycles. The molecule has 0 radical (unpaired) electrons. The minimum atomic E-state index is -0.798. The van der Waals surface area contributed by atoms with Gasteiger partial charge in [-0.2, -0.15) is 0 Å². The SMILES string of the molecule is O=C(O)C1C2CCCC1(Nc1cc(-c3ccccc3F)nc(-c3c[nH]c4ncc(F)cc34)n1)CCC2. The zero-order valence-electron chi connectivity index (χ0n) is 19.5. The Labute approximate surface area is 206 Å². The molecule has 6 rings (SSSR count). The van der Waals surface area contributed by atoms with Crippen LogP contribution in [0.15, 0.2) is 48.8 Å². The third-order valence-electron chi connectivity index (χ3n) is 7.72. The molecule has 0 saturated heterocycles. The average Bonchev–Trinajstić information content (AvgIpc) is 3.26. The maximum atomic E-state index is 14.8. The van der Waals surface area contributed by atoms with E-state index >= 15 is 0 Å². The number of nitrogens with zero attached hydrogens (tertiary/aromatic N) is 3. The zero-order valence-corrected chi connectivity index (χ0v) is 19.5. The van der Waals surface area contributed by atoms with Crippen LogP contribution in [0.1, 0.15) is 38.5 Å². The van der Waals surface area contributed by atoms with Gasteiger partial charge < -0.3 is 15.4 Å². The Morgan fingerprint density at radius 2 is 1.86 bits per heavy atom.